The first-order valence-electron chi connectivity index (χ1n) is 3.51. The van der Waals surface area contributed by atoms with E-state index in [1.54, 1.807) is 0 Å². The molecule has 1 heterocycles. The van der Waals surface area contributed by atoms with Crippen molar-refractivity contribution < 1.29 is 15.0 Å². The quantitative estimate of drug-likeness (QED) is 0.426. The average Bonchev–Trinajstić information content (AvgIpc) is 1.85. The van der Waals surface area contributed by atoms with E-state index in [1.165, 1.54) is 0 Å². The Labute approximate surface area is 64.4 Å². The second-order valence-corrected chi connectivity index (χ2v) is 2.84. The van der Waals surface area contributed by atoms with Crippen molar-refractivity contribution in [3.8, 4) is 0 Å². The van der Waals surface area contributed by atoms with Gasteiger partial charge >= 0.3 is 6.09 Å². The number of aliphatic hydroxyl groups excluding tert-OH is 1. The normalized spacial score (nSPS) is 32.0. The zero-order valence-electron chi connectivity index (χ0n) is 6.10. The predicted octanol–water partition coefficient (Wildman–Crippen LogP) is -0.942. The number of amides is 1. The van der Waals surface area contributed by atoms with E-state index in [1.807, 2.05) is 0 Å². The summed E-state index contributed by atoms with van der Waals surface area (Å²) in [7, 11) is 0. The number of β-amino-alcohol motifs (C(OH)–C–C–N with tert-alkyl or cyclic N) is 1. The molecule has 0 aliphatic carbocycles. The molecule has 0 radical (unpaired) electrons. The number of rotatable bonds is 0. The van der Waals surface area contributed by atoms with Gasteiger partial charge in [0.15, 0.2) is 0 Å². The van der Waals surface area contributed by atoms with Crippen molar-refractivity contribution in [2.45, 2.75) is 18.6 Å². The standard InChI is InChI=1S/C6H12N2O3/c7-4-1-5(9)3-8(2-4)6(10)11/h4-5,9H,1-3,7H2,(H,10,11)/t4-,5-/m0/s1. The summed E-state index contributed by atoms with van der Waals surface area (Å²) in [4.78, 5) is 11.5. The number of carbonyl (C=O) groups is 1. The Kier molecular flexibility index (Phi) is 2.31. The van der Waals surface area contributed by atoms with E-state index < -0.39 is 12.2 Å². The van der Waals surface area contributed by atoms with Crippen LogP contribution in [0.5, 0.6) is 0 Å². The van der Waals surface area contributed by atoms with E-state index in [2.05, 4.69) is 0 Å². The van der Waals surface area contributed by atoms with Gasteiger partial charge in [-0.15, -0.1) is 0 Å². The van der Waals surface area contributed by atoms with Crippen molar-refractivity contribution in [3.63, 3.8) is 0 Å². The summed E-state index contributed by atoms with van der Waals surface area (Å²) >= 11 is 0. The Balaban J connectivity index is 2.49. The highest BCUT2D eigenvalue weighted by Crippen LogP contribution is 2.08. The molecule has 1 amide bonds. The first kappa shape index (κ1) is 8.29. The van der Waals surface area contributed by atoms with Crippen molar-refractivity contribution >= 4 is 6.09 Å². The van der Waals surface area contributed by atoms with Gasteiger partial charge in [-0.3, -0.25) is 0 Å². The van der Waals surface area contributed by atoms with Gasteiger partial charge in [0.25, 0.3) is 0 Å². The van der Waals surface area contributed by atoms with E-state index >= 15 is 0 Å². The fraction of sp³-hybridized carbons (Fsp3) is 0.833. The summed E-state index contributed by atoms with van der Waals surface area (Å²) in [6.07, 6.45) is -1.13. The highest BCUT2D eigenvalue weighted by Gasteiger charge is 2.26. The van der Waals surface area contributed by atoms with Crippen LogP contribution in [0.15, 0.2) is 0 Å². The Morgan fingerprint density at radius 1 is 1.55 bits per heavy atom. The van der Waals surface area contributed by atoms with Crippen LogP contribution < -0.4 is 5.73 Å². The third-order valence-electron chi connectivity index (χ3n) is 1.73. The van der Waals surface area contributed by atoms with Crippen LogP contribution in [-0.2, 0) is 0 Å². The monoisotopic (exact) mass is 160 g/mol. The number of carboxylic acid groups (broad SMARTS) is 1. The van der Waals surface area contributed by atoms with E-state index in [9.17, 15) is 4.79 Å². The second kappa shape index (κ2) is 3.06. The summed E-state index contributed by atoms with van der Waals surface area (Å²) in [6.45, 7) is 0.509. The molecule has 4 N–H and O–H groups in total. The number of hydrogen-bond acceptors (Lipinski definition) is 3. The minimum Gasteiger partial charge on any atom is -0.465 e. The second-order valence-electron chi connectivity index (χ2n) is 2.84. The van der Waals surface area contributed by atoms with Gasteiger partial charge in [0.05, 0.1) is 12.6 Å². The molecule has 5 heteroatoms. The molecule has 0 unspecified atom stereocenters. The van der Waals surface area contributed by atoms with Crippen molar-refractivity contribution in [1.29, 1.82) is 0 Å². The maximum Gasteiger partial charge on any atom is 0.407 e. The van der Waals surface area contributed by atoms with Crippen molar-refractivity contribution in [2.24, 2.45) is 5.73 Å². The van der Waals surface area contributed by atoms with Crippen molar-refractivity contribution in [3.05, 3.63) is 0 Å². The number of piperidine rings is 1. The summed E-state index contributed by atoms with van der Waals surface area (Å²) in [5, 5.41) is 17.6. The number of nitrogens with zero attached hydrogens (tertiary/aromatic N) is 1. The van der Waals surface area contributed by atoms with Crippen LogP contribution in [0.4, 0.5) is 4.79 Å². The Hall–Kier alpha value is -0.810. The molecule has 64 valence electrons. The lowest BCUT2D eigenvalue weighted by molar-refractivity contribution is 0.0576. The fourth-order valence-electron chi connectivity index (χ4n) is 1.27. The van der Waals surface area contributed by atoms with Crippen LogP contribution in [0, 0.1) is 0 Å². The zero-order valence-corrected chi connectivity index (χ0v) is 6.10. The van der Waals surface area contributed by atoms with E-state index in [0.29, 0.717) is 13.0 Å². The molecule has 1 fully saturated rings. The van der Waals surface area contributed by atoms with Gasteiger partial charge in [0.1, 0.15) is 0 Å². The van der Waals surface area contributed by atoms with E-state index in [-0.39, 0.29) is 12.6 Å². The van der Waals surface area contributed by atoms with Crippen LogP contribution >= 0.6 is 0 Å². The topological polar surface area (TPSA) is 86.8 Å². The van der Waals surface area contributed by atoms with Gasteiger partial charge in [-0.1, -0.05) is 0 Å². The summed E-state index contributed by atoms with van der Waals surface area (Å²) in [5.74, 6) is 0. The van der Waals surface area contributed by atoms with E-state index in [0.717, 1.165) is 4.90 Å². The van der Waals surface area contributed by atoms with Crippen LogP contribution in [0.1, 0.15) is 6.42 Å². The fourth-order valence-corrected chi connectivity index (χ4v) is 1.27. The molecule has 2 atom stereocenters. The largest absolute Gasteiger partial charge is 0.465 e. The lowest BCUT2D eigenvalue weighted by Gasteiger charge is -2.31. The SMILES string of the molecule is N[C@H]1C[C@H](O)CN(C(=O)O)C1. The van der Waals surface area contributed by atoms with Gasteiger partial charge in [0.2, 0.25) is 0 Å². The van der Waals surface area contributed by atoms with Gasteiger partial charge in [-0.2, -0.15) is 0 Å². The highest BCUT2D eigenvalue weighted by atomic mass is 16.4. The van der Waals surface area contributed by atoms with Gasteiger partial charge < -0.3 is 20.8 Å². The molecule has 0 bridgehead atoms. The summed E-state index contributed by atoms with van der Waals surface area (Å²) in [5.41, 5.74) is 5.49. The molecular formula is C6H12N2O3. The van der Waals surface area contributed by atoms with Gasteiger partial charge in [0, 0.05) is 12.6 Å². The summed E-state index contributed by atoms with van der Waals surface area (Å²) in [6, 6.07) is -0.227. The third kappa shape index (κ3) is 2.06. The van der Waals surface area contributed by atoms with Crippen molar-refractivity contribution in [1.82, 2.24) is 4.90 Å². The number of aliphatic hydroxyl groups is 1. The maximum atomic E-state index is 10.4. The number of nitrogens with two attached hydrogens (primary N) is 1. The third-order valence-corrected chi connectivity index (χ3v) is 1.73. The van der Waals surface area contributed by atoms with Crippen LogP contribution in [-0.4, -0.2) is 46.4 Å². The van der Waals surface area contributed by atoms with Crippen molar-refractivity contribution in [2.75, 3.05) is 13.1 Å². The molecule has 5 nitrogen and oxygen atoms in total. The van der Waals surface area contributed by atoms with Crippen LogP contribution in [0.25, 0.3) is 0 Å². The Bertz CT molecular complexity index is 152. The molecule has 11 heavy (non-hydrogen) atoms. The average molecular weight is 160 g/mol. The van der Waals surface area contributed by atoms with Gasteiger partial charge in [-0.25, -0.2) is 4.79 Å². The first-order chi connectivity index (χ1) is 5.09. The highest BCUT2D eigenvalue weighted by molar-refractivity contribution is 5.65. The maximum absolute atomic E-state index is 10.4. The number of likely N-dealkylation sites (tertiary alicyclic amines) is 1. The summed E-state index contributed by atoms with van der Waals surface area (Å²) < 4.78 is 0. The van der Waals surface area contributed by atoms with E-state index in [4.69, 9.17) is 15.9 Å². The molecular weight excluding hydrogens is 148 g/mol. The van der Waals surface area contributed by atoms with Gasteiger partial charge in [-0.05, 0) is 6.42 Å². The molecule has 1 aliphatic rings. The smallest absolute Gasteiger partial charge is 0.407 e. The molecule has 0 spiro atoms. The lowest BCUT2D eigenvalue weighted by Crippen LogP contribution is -2.50. The van der Waals surface area contributed by atoms with Crippen LogP contribution in [0.3, 0.4) is 0 Å². The molecule has 0 saturated carbocycles. The predicted molar refractivity (Wildman–Crippen MR) is 38.2 cm³/mol. The Morgan fingerprint density at radius 2 is 2.18 bits per heavy atom. The molecule has 0 aromatic carbocycles. The molecule has 0 aromatic heterocycles. The lowest BCUT2D eigenvalue weighted by atomic mass is 10.1. The zero-order chi connectivity index (χ0) is 8.43. The molecule has 1 aliphatic heterocycles. The van der Waals surface area contributed by atoms with Crippen LogP contribution in [0.2, 0.25) is 0 Å². The molecule has 1 rings (SSSR count). The number of hydrogen-bond donors (Lipinski definition) is 3. The Morgan fingerprint density at radius 3 is 2.64 bits per heavy atom. The molecule has 0 aromatic rings. The minimum absolute atomic E-state index is 0.184. The minimum atomic E-state index is -1.01. The first-order valence-corrected chi connectivity index (χ1v) is 3.51. The molecule has 1 saturated heterocycles.